The number of aromatic nitrogens is 6. The number of rotatable bonds is 5. The first kappa shape index (κ1) is 20.1. The molecule has 0 spiro atoms. The number of ether oxygens (including phenoxy) is 1. The van der Waals surface area contributed by atoms with Gasteiger partial charge >= 0.3 is 11.7 Å². The first-order chi connectivity index (χ1) is 14.8. The molecule has 4 aromatic heterocycles. The van der Waals surface area contributed by atoms with Crippen LogP contribution in [0, 0.1) is 0 Å². The summed E-state index contributed by atoms with van der Waals surface area (Å²) in [5.41, 5.74) is 0.502. The summed E-state index contributed by atoms with van der Waals surface area (Å²) in [4.78, 5) is 53.3. The minimum Gasteiger partial charge on any atom is -0.462 e. The molecule has 0 radical (unpaired) electrons. The smallest absolute Gasteiger partial charge is 0.341 e. The monoisotopic (exact) mass is 425 g/mol. The zero-order chi connectivity index (χ0) is 22.3. The number of carbonyl (C=O) groups is 2. The summed E-state index contributed by atoms with van der Waals surface area (Å²) in [6.45, 7) is 1.75. The Morgan fingerprint density at radius 2 is 1.97 bits per heavy atom. The van der Waals surface area contributed by atoms with Gasteiger partial charge in [-0.15, -0.1) is 0 Å². The summed E-state index contributed by atoms with van der Waals surface area (Å²) >= 11 is 0. The third-order valence-corrected chi connectivity index (χ3v) is 4.83. The number of amides is 1. The Morgan fingerprint density at radius 1 is 1.19 bits per heavy atom. The van der Waals surface area contributed by atoms with Gasteiger partial charge in [-0.1, -0.05) is 0 Å². The highest BCUT2D eigenvalue weighted by Crippen LogP contribution is 2.17. The summed E-state index contributed by atoms with van der Waals surface area (Å²) in [5, 5.41) is 6.82. The van der Waals surface area contributed by atoms with Gasteiger partial charge in [0, 0.05) is 26.0 Å². The van der Waals surface area contributed by atoms with Crippen molar-refractivity contribution in [3.05, 3.63) is 57.3 Å². The molecule has 12 heteroatoms. The normalized spacial score (nSPS) is 11.2. The highest BCUT2D eigenvalue weighted by atomic mass is 16.5. The van der Waals surface area contributed by atoms with E-state index in [-0.39, 0.29) is 29.9 Å². The van der Waals surface area contributed by atoms with Crippen molar-refractivity contribution < 1.29 is 14.3 Å². The van der Waals surface area contributed by atoms with Gasteiger partial charge in [-0.2, -0.15) is 5.10 Å². The quantitative estimate of drug-likeness (QED) is 0.441. The molecule has 0 bridgehead atoms. The topological polar surface area (TPSA) is 135 Å². The predicted molar refractivity (Wildman–Crippen MR) is 110 cm³/mol. The van der Waals surface area contributed by atoms with Crippen molar-refractivity contribution >= 4 is 34.2 Å². The van der Waals surface area contributed by atoms with Crippen LogP contribution < -0.4 is 16.6 Å². The molecule has 0 fully saturated rings. The molecule has 0 saturated heterocycles. The number of anilines is 1. The Morgan fingerprint density at radius 3 is 2.71 bits per heavy atom. The summed E-state index contributed by atoms with van der Waals surface area (Å²) in [6, 6.07) is 3.23. The molecule has 4 aromatic rings. The maximum absolute atomic E-state index is 12.6. The third kappa shape index (κ3) is 3.37. The second kappa shape index (κ2) is 7.55. The number of esters is 1. The van der Waals surface area contributed by atoms with Gasteiger partial charge in [0.05, 0.1) is 24.6 Å². The largest absolute Gasteiger partial charge is 0.462 e. The molecular weight excluding hydrogens is 406 g/mol. The van der Waals surface area contributed by atoms with Crippen LogP contribution in [0.4, 0.5) is 5.69 Å². The lowest BCUT2D eigenvalue weighted by atomic mass is 10.2. The second-order valence-corrected chi connectivity index (χ2v) is 6.82. The second-order valence-electron chi connectivity index (χ2n) is 6.82. The number of nitrogens with zero attached hydrogens (tertiary/aromatic N) is 6. The van der Waals surface area contributed by atoms with E-state index >= 15 is 0 Å². The number of imidazole rings is 1. The molecule has 1 N–H and O–H groups in total. The lowest BCUT2D eigenvalue weighted by Crippen LogP contribution is -2.37. The Bertz CT molecular complexity index is 1460. The van der Waals surface area contributed by atoms with Gasteiger partial charge in [-0.05, 0) is 19.1 Å². The maximum Gasteiger partial charge on any atom is 0.341 e. The molecule has 12 nitrogen and oxygen atoms in total. The van der Waals surface area contributed by atoms with Crippen molar-refractivity contribution in [1.29, 1.82) is 0 Å². The maximum atomic E-state index is 12.6. The fraction of sp³-hybridized carbons (Fsp3) is 0.263. The highest BCUT2D eigenvalue weighted by molar-refractivity contribution is 5.98. The zero-order valence-electron chi connectivity index (χ0n) is 17.0. The van der Waals surface area contributed by atoms with Gasteiger partial charge < -0.3 is 14.6 Å². The van der Waals surface area contributed by atoms with Crippen LogP contribution in [0.2, 0.25) is 0 Å². The zero-order valence-corrected chi connectivity index (χ0v) is 17.0. The Balaban J connectivity index is 1.62. The third-order valence-electron chi connectivity index (χ3n) is 4.83. The number of fused-ring (bicyclic) bond motifs is 2. The highest BCUT2D eigenvalue weighted by Gasteiger charge is 2.17. The molecule has 0 aliphatic rings. The van der Waals surface area contributed by atoms with Crippen molar-refractivity contribution in [3.63, 3.8) is 0 Å². The summed E-state index contributed by atoms with van der Waals surface area (Å²) < 4.78 is 10.1. The van der Waals surface area contributed by atoms with Gasteiger partial charge in [-0.3, -0.25) is 18.7 Å². The van der Waals surface area contributed by atoms with Crippen LogP contribution >= 0.6 is 0 Å². The first-order valence-corrected chi connectivity index (χ1v) is 9.37. The SMILES string of the molecule is CCOC(=O)c1cnn2ccc(NC(=O)Cn3cnc4c3c(=O)n(C)c(=O)n4C)cc12. The van der Waals surface area contributed by atoms with Crippen molar-refractivity contribution in [2.45, 2.75) is 13.5 Å². The molecule has 4 rings (SSSR count). The van der Waals surface area contributed by atoms with Crippen molar-refractivity contribution in [1.82, 2.24) is 28.3 Å². The molecule has 0 unspecified atom stereocenters. The summed E-state index contributed by atoms with van der Waals surface area (Å²) in [5.74, 6) is -0.927. The first-order valence-electron chi connectivity index (χ1n) is 9.37. The molecule has 1 amide bonds. The fourth-order valence-corrected chi connectivity index (χ4v) is 3.30. The minimum absolute atomic E-state index is 0.149. The Hall–Kier alpha value is -4.22. The van der Waals surface area contributed by atoms with Crippen molar-refractivity contribution in [3.8, 4) is 0 Å². The van der Waals surface area contributed by atoms with Gasteiger partial charge in [-0.25, -0.2) is 19.1 Å². The van der Waals surface area contributed by atoms with E-state index in [1.165, 1.54) is 40.3 Å². The van der Waals surface area contributed by atoms with E-state index in [0.29, 0.717) is 11.2 Å². The van der Waals surface area contributed by atoms with Gasteiger partial charge in [0.1, 0.15) is 12.1 Å². The van der Waals surface area contributed by atoms with Crippen LogP contribution in [-0.2, 0) is 30.2 Å². The number of aryl methyl sites for hydroxylation is 1. The molecule has 160 valence electrons. The molecule has 31 heavy (non-hydrogen) atoms. The van der Waals surface area contributed by atoms with E-state index in [1.54, 1.807) is 25.3 Å². The lowest BCUT2D eigenvalue weighted by molar-refractivity contribution is -0.116. The predicted octanol–water partition coefficient (Wildman–Crippen LogP) is -0.103. The van der Waals surface area contributed by atoms with Crippen molar-refractivity contribution in [2.75, 3.05) is 11.9 Å². The van der Waals surface area contributed by atoms with E-state index in [4.69, 9.17) is 4.74 Å². The number of hydrogen-bond donors (Lipinski definition) is 1. The van der Waals surface area contributed by atoms with Crippen LogP contribution in [-0.4, -0.2) is 46.8 Å². The summed E-state index contributed by atoms with van der Waals surface area (Å²) in [6.07, 6.45) is 4.34. The molecular formula is C19H19N7O5. The van der Waals surface area contributed by atoms with Crippen LogP contribution in [0.5, 0.6) is 0 Å². The van der Waals surface area contributed by atoms with E-state index in [9.17, 15) is 19.2 Å². The van der Waals surface area contributed by atoms with E-state index in [1.807, 2.05) is 0 Å². The number of pyridine rings is 1. The molecule has 0 atom stereocenters. The standard InChI is InChI=1S/C19H19N7O5/c1-4-31-18(29)12-8-21-26-6-5-11(7-13(12)26)22-14(27)9-25-10-20-16-15(25)17(28)24(3)19(30)23(16)2/h5-8,10H,4,9H2,1-3H3,(H,22,27). The lowest BCUT2D eigenvalue weighted by Gasteiger charge is -2.08. The number of hydrogen-bond acceptors (Lipinski definition) is 7. The summed E-state index contributed by atoms with van der Waals surface area (Å²) in [7, 11) is 2.87. The number of nitrogens with one attached hydrogen (secondary N) is 1. The molecule has 0 aromatic carbocycles. The Labute approximate surface area is 174 Å². The fourth-order valence-electron chi connectivity index (χ4n) is 3.30. The van der Waals surface area contributed by atoms with Gasteiger partial charge in [0.25, 0.3) is 5.56 Å². The Kier molecular flexibility index (Phi) is 4.89. The van der Waals surface area contributed by atoms with Crippen LogP contribution in [0.1, 0.15) is 17.3 Å². The van der Waals surface area contributed by atoms with E-state index in [0.717, 1.165) is 4.57 Å². The molecule has 0 aliphatic carbocycles. The average Bonchev–Trinajstić information content (AvgIpc) is 3.35. The van der Waals surface area contributed by atoms with E-state index < -0.39 is 23.1 Å². The number of carbonyl (C=O) groups excluding carboxylic acids is 2. The minimum atomic E-state index is -0.539. The van der Waals surface area contributed by atoms with Crippen LogP contribution in [0.15, 0.2) is 40.4 Å². The van der Waals surface area contributed by atoms with Crippen LogP contribution in [0.3, 0.4) is 0 Å². The van der Waals surface area contributed by atoms with Crippen LogP contribution in [0.25, 0.3) is 16.7 Å². The molecule has 0 aliphatic heterocycles. The average molecular weight is 425 g/mol. The van der Waals surface area contributed by atoms with Crippen molar-refractivity contribution in [2.24, 2.45) is 14.1 Å². The van der Waals surface area contributed by atoms with Gasteiger partial charge in [0.15, 0.2) is 11.2 Å². The molecule has 0 saturated carbocycles. The molecule has 4 heterocycles. The van der Waals surface area contributed by atoms with E-state index in [2.05, 4.69) is 15.4 Å². The van der Waals surface area contributed by atoms with Gasteiger partial charge in [0.2, 0.25) is 5.91 Å².